The average Bonchev–Trinajstić information content (AvgIpc) is 2.29. The van der Waals surface area contributed by atoms with E-state index in [9.17, 15) is 4.39 Å². The fraction of sp³-hybridized carbons (Fsp3) is 0.0909. The summed E-state index contributed by atoms with van der Waals surface area (Å²) < 4.78 is 18.6. The zero-order valence-corrected chi connectivity index (χ0v) is 9.70. The molecule has 0 aliphatic rings. The summed E-state index contributed by atoms with van der Waals surface area (Å²) >= 11 is 5.86. The molecule has 1 aromatic heterocycles. The first-order valence-electron chi connectivity index (χ1n) is 4.78. The van der Waals surface area contributed by atoms with E-state index < -0.39 is 5.82 Å². The van der Waals surface area contributed by atoms with Crippen LogP contribution in [0.3, 0.4) is 0 Å². The Hall–Kier alpha value is -1.88. The normalized spacial score (nSPS) is 10.3. The molecule has 2 N–H and O–H groups in total. The van der Waals surface area contributed by atoms with Crippen LogP contribution in [0.25, 0.3) is 0 Å². The molecule has 17 heavy (non-hydrogen) atoms. The highest BCUT2D eigenvalue weighted by Gasteiger charge is 2.08. The third kappa shape index (κ3) is 2.62. The van der Waals surface area contributed by atoms with Crippen LogP contribution in [0.15, 0.2) is 24.4 Å². The van der Waals surface area contributed by atoms with E-state index >= 15 is 0 Å². The molecule has 0 unspecified atom stereocenters. The van der Waals surface area contributed by atoms with Crippen LogP contribution in [0.5, 0.6) is 11.6 Å². The van der Waals surface area contributed by atoms with E-state index in [1.165, 1.54) is 0 Å². The summed E-state index contributed by atoms with van der Waals surface area (Å²) in [7, 11) is 0. The zero-order chi connectivity index (χ0) is 12.4. The first kappa shape index (κ1) is 11.6. The molecule has 0 aliphatic heterocycles. The van der Waals surface area contributed by atoms with Gasteiger partial charge in [-0.15, -0.1) is 0 Å². The molecule has 0 spiro atoms. The maximum atomic E-state index is 13.3. The van der Waals surface area contributed by atoms with Gasteiger partial charge < -0.3 is 10.5 Å². The van der Waals surface area contributed by atoms with Gasteiger partial charge in [0.25, 0.3) is 5.88 Å². The van der Waals surface area contributed by atoms with Crippen LogP contribution >= 0.6 is 11.6 Å². The monoisotopic (exact) mass is 253 g/mol. The zero-order valence-electron chi connectivity index (χ0n) is 8.95. The Kier molecular flexibility index (Phi) is 3.10. The molecule has 0 atom stereocenters. The van der Waals surface area contributed by atoms with Crippen molar-refractivity contribution in [2.45, 2.75) is 6.92 Å². The minimum Gasteiger partial charge on any atom is -0.436 e. The fourth-order valence-corrected chi connectivity index (χ4v) is 1.35. The molecule has 0 saturated heterocycles. The van der Waals surface area contributed by atoms with Gasteiger partial charge in [-0.2, -0.15) is 9.37 Å². The topological polar surface area (TPSA) is 61.0 Å². The van der Waals surface area contributed by atoms with Crippen molar-refractivity contribution in [3.8, 4) is 11.6 Å². The fourth-order valence-electron chi connectivity index (χ4n) is 1.23. The minimum absolute atomic E-state index is 0.0490. The highest BCUT2D eigenvalue weighted by Crippen LogP contribution is 2.26. The van der Waals surface area contributed by atoms with E-state index in [-0.39, 0.29) is 11.8 Å². The van der Waals surface area contributed by atoms with E-state index in [0.717, 1.165) is 11.8 Å². The predicted molar refractivity (Wildman–Crippen MR) is 62.7 cm³/mol. The predicted octanol–water partition coefficient (Wildman–Crippen LogP) is 2.95. The number of nitrogen functional groups attached to an aromatic ring is 1. The van der Waals surface area contributed by atoms with Crippen LogP contribution in [0.4, 0.5) is 10.3 Å². The molecule has 0 saturated carbocycles. The Morgan fingerprint density at radius 3 is 2.88 bits per heavy atom. The Balaban J connectivity index is 2.31. The van der Waals surface area contributed by atoms with Gasteiger partial charge in [-0.25, -0.2) is 4.98 Å². The summed E-state index contributed by atoms with van der Waals surface area (Å²) in [5.74, 6) is -0.498. The summed E-state index contributed by atoms with van der Waals surface area (Å²) in [6.45, 7) is 1.82. The van der Waals surface area contributed by atoms with Gasteiger partial charge >= 0.3 is 0 Å². The first-order chi connectivity index (χ1) is 8.06. The van der Waals surface area contributed by atoms with Crippen molar-refractivity contribution in [1.29, 1.82) is 0 Å². The number of aryl methyl sites for hydroxylation is 1. The third-order valence-corrected chi connectivity index (χ3v) is 2.50. The second-order valence-electron chi connectivity index (χ2n) is 3.39. The molecular formula is C11H9ClFN3O. The van der Waals surface area contributed by atoms with Gasteiger partial charge in [-0.1, -0.05) is 11.6 Å². The van der Waals surface area contributed by atoms with Crippen LogP contribution < -0.4 is 10.5 Å². The second kappa shape index (κ2) is 4.55. The molecule has 6 heteroatoms. The molecule has 0 radical (unpaired) electrons. The lowest BCUT2D eigenvalue weighted by Crippen LogP contribution is -1.99. The number of anilines is 1. The summed E-state index contributed by atoms with van der Waals surface area (Å²) in [6.07, 6.45) is 0.959. The molecule has 2 aromatic rings. The molecule has 1 heterocycles. The number of nitrogens with zero attached hydrogens (tertiary/aromatic N) is 2. The lowest BCUT2D eigenvalue weighted by molar-refractivity contribution is 0.420. The molecule has 2 rings (SSSR count). The van der Waals surface area contributed by atoms with Crippen molar-refractivity contribution in [3.63, 3.8) is 0 Å². The van der Waals surface area contributed by atoms with Gasteiger partial charge in [0.1, 0.15) is 5.75 Å². The molecule has 88 valence electrons. The third-order valence-electron chi connectivity index (χ3n) is 2.07. The number of hydrogen-bond acceptors (Lipinski definition) is 4. The van der Waals surface area contributed by atoms with Gasteiger partial charge in [0, 0.05) is 5.02 Å². The molecule has 0 amide bonds. The highest BCUT2D eigenvalue weighted by atomic mass is 35.5. The van der Waals surface area contributed by atoms with E-state index in [1.807, 2.05) is 6.92 Å². The Morgan fingerprint density at radius 2 is 2.18 bits per heavy atom. The number of benzene rings is 1. The Labute approximate surface area is 102 Å². The molecular weight excluding hydrogens is 245 g/mol. The molecule has 0 aliphatic carbocycles. The molecule has 1 aromatic carbocycles. The van der Waals surface area contributed by atoms with Crippen LogP contribution in [-0.2, 0) is 0 Å². The SMILES string of the molecule is Cc1cc(Oc2nc(N)ncc2F)ccc1Cl. The van der Waals surface area contributed by atoms with Crippen molar-refractivity contribution >= 4 is 17.5 Å². The van der Waals surface area contributed by atoms with Gasteiger partial charge in [0.2, 0.25) is 11.8 Å². The van der Waals surface area contributed by atoms with Crippen LogP contribution in [0, 0.1) is 12.7 Å². The largest absolute Gasteiger partial charge is 0.436 e. The Morgan fingerprint density at radius 1 is 1.41 bits per heavy atom. The lowest BCUT2D eigenvalue weighted by atomic mass is 10.2. The van der Waals surface area contributed by atoms with Gasteiger partial charge in [0.15, 0.2) is 0 Å². The summed E-state index contributed by atoms with van der Waals surface area (Å²) in [4.78, 5) is 7.16. The summed E-state index contributed by atoms with van der Waals surface area (Å²) in [5, 5.41) is 0.611. The van der Waals surface area contributed by atoms with Crippen molar-refractivity contribution < 1.29 is 9.13 Å². The maximum absolute atomic E-state index is 13.3. The van der Waals surface area contributed by atoms with E-state index in [4.69, 9.17) is 22.1 Å². The van der Waals surface area contributed by atoms with Crippen molar-refractivity contribution in [2.75, 3.05) is 5.73 Å². The van der Waals surface area contributed by atoms with Crippen LogP contribution in [0.1, 0.15) is 5.56 Å². The number of rotatable bonds is 2. The van der Waals surface area contributed by atoms with Crippen molar-refractivity contribution in [3.05, 3.63) is 40.8 Å². The average molecular weight is 254 g/mol. The first-order valence-corrected chi connectivity index (χ1v) is 5.16. The van der Waals surface area contributed by atoms with Gasteiger partial charge in [0.05, 0.1) is 6.20 Å². The summed E-state index contributed by atoms with van der Waals surface area (Å²) in [6, 6.07) is 4.96. The molecule has 0 fully saturated rings. The number of hydrogen-bond donors (Lipinski definition) is 1. The second-order valence-corrected chi connectivity index (χ2v) is 3.80. The maximum Gasteiger partial charge on any atom is 0.260 e. The van der Waals surface area contributed by atoms with Crippen molar-refractivity contribution in [1.82, 2.24) is 9.97 Å². The molecule has 4 nitrogen and oxygen atoms in total. The lowest BCUT2D eigenvalue weighted by Gasteiger charge is -2.07. The highest BCUT2D eigenvalue weighted by molar-refractivity contribution is 6.31. The van der Waals surface area contributed by atoms with E-state index in [1.54, 1.807) is 18.2 Å². The number of aromatic nitrogens is 2. The van der Waals surface area contributed by atoms with Gasteiger partial charge in [-0.3, -0.25) is 0 Å². The van der Waals surface area contributed by atoms with Gasteiger partial charge in [-0.05, 0) is 30.7 Å². The molecule has 0 bridgehead atoms. The van der Waals surface area contributed by atoms with Crippen LogP contribution in [-0.4, -0.2) is 9.97 Å². The number of nitrogens with two attached hydrogens (primary N) is 1. The Bertz CT molecular complexity index is 562. The number of ether oxygens (including phenoxy) is 1. The van der Waals surface area contributed by atoms with Crippen molar-refractivity contribution in [2.24, 2.45) is 0 Å². The van der Waals surface area contributed by atoms with E-state index in [2.05, 4.69) is 9.97 Å². The minimum atomic E-state index is -0.674. The number of halogens is 2. The van der Waals surface area contributed by atoms with Crippen LogP contribution in [0.2, 0.25) is 5.02 Å². The summed E-state index contributed by atoms with van der Waals surface area (Å²) in [5.41, 5.74) is 6.17. The quantitative estimate of drug-likeness (QED) is 0.894. The standard InChI is InChI=1S/C11H9ClFN3O/c1-6-4-7(2-3-8(6)12)17-10-9(13)5-15-11(14)16-10/h2-5H,1H3,(H2,14,15,16). The van der Waals surface area contributed by atoms with E-state index in [0.29, 0.717) is 10.8 Å². The smallest absolute Gasteiger partial charge is 0.260 e.